The molecule has 3 aliphatic heterocycles. The van der Waals surface area contributed by atoms with Gasteiger partial charge in [0.25, 0.3) is 0 Å². The molecule has 0 unspecified atom stereocenters. The molecule has 5 rings (SSSR count). The van der Waals surface area contributed by atoms with Crippen molar-refractivity contribution in [3.63, 3.8) is 0 Å². The van der Waals surface area contributed by atoms with E-state index in [1.165, 1.54) is 6.33 Å². The first-order valence-corrected chi connectivity index (χ1v) is 11.2. The Morgan fingerprint density at radius 2 is 2.00 bits per heavy atom. The molecular formula is C21H31N7O3. The number of carbonyl (C=O) groups is 1. The average molecular weight is 430 g/mol. The molecule has 3 saturated heterocycles. The molecule has 0 saturated carbocycles. The Morgan fingerprint density at radius 3 is 2.71 bits per heavy atom. The zero-order valence-corrected chi connectivity index (χ0v) is 18.0. The highest BCUT2D eigenvalue weighted by Crippen LogP contribution is 2.44. The third-order valence-corrected chi connectivity index (χ3v) is 7.34. The van der Waals surface area contributed by atoms with E-state index in [1.54, 1.807) is 6.33 Å². The van der Waals surface area contributed by atoms with Gasteiger partial charge in [0.2, 0.25) is 5.91 Å². The topological polar surface area (TPSA) is 131 Å². The zero-order chi connectivity index (χ0) is 21.6. The number of nitrogen functional groups attached to an aromatic ring is 1. The molecular weight excluding hydrogens is 398 g/mol. The lowest BCUT2D eigenvalue weighted by atomic mass is 9.75. The van der Waals surface area contributed by atoms with E-state index in [0.29, 0.717) is 43.1 Å². The molecule has 2 aromatic heterocycles. The number of rotatable bonds is 2. The molecule has 3 aliphatic rings. The third-order valence-electron chi connectivity index (χ3n) is 7.34. The van der Waals surface area contributed by atoms with E-state index in [0.717, 1.165) is 38.8 Å². The standard InChI is InChI=1S/C21H31N7O3/c1-20(30)11-21(4-8-27(9-5-21)19(29)14-2-6-23-7-3-14)31-10-15(20)28-13-26-16-17(22)24-12-25-18(16)28/h12-15,23,30H,2-11H2,1H3,(H2,22,24,25)/t15-,20-/m1/s1. The maximum Gasteiger partial charge on any atom is 0.225 e. The van der Waals surface area contributed by atoms with Gasteiger partial charge in [-0.25, -0.2) is 15.0 Å². The van der Waals surface area contributed by atoms with Crippen LogP contribution in [-0.2, 0) is 9.53 Å². The number of carbonyl (C=O) groups excluding carboxylic acids is 1. The molecule has 0 aromatic carbocycles. The predicted octanol–water partition coefficient (Wildman–Crippen LogP) is 0.482. The fourth-order valence-corrected chi connectivity index (χ4v) is 5.52. The number of aromatic nitrogens is 4. The number of piperidine rings is 2. The van der Waals surface area contributed by atoms with E-state index >= 15 is 0 Å². The summed E-state index contributed by atoms with van der Waals surface area (Å²) >= 11 is 0. The van der Waals surface area contributed by atoms with Crippen LogP contribution >= 0.6 is 0 Å². The molecule has 0 aliphatic carbocycles. The second-order valence-corrected chi connectivity index (χ2v) is 9.48. The first-order valence-electron chi connectivity index (χ1n) is 11.2. The predicted molar refractivity (Wildman–Crippen MR) is 114 cm³/mol. The number of nitrogens with two attached hydrogens (primary N) is 1. The summed E-state index contributed by atoms with van der Waals surface area (Å²) in [5.74, 6) is 0.736. The quantitative estimate of drug-likeness (QED) is 0.628. The number of ether oxygens (including phenoxy) is 1. The Labute approximate surface area is 181 Å². The first-order chi connectivity index (χ1) is 14.9. The van der Waals surface area contributed by atoms with Crippen molar-refractivity contribution < 1.29 is 14.6 Å². The summed E-state index contributed by atoms with van der Waals surface area (Å²) in [6.07, 6.45) is 6.88. The van der Waals surface area contributed by atoms with Gasteiger partial charge in [-0.2, -0.15) is 0 Å². The fourth-order valence-electron chi connectivity index (χ4n) is 5.52. The Bertz CT molecular complexity index is 961. The molecule has 1 amide bonds. The summed E-state index contributed by atoms with van der Waals surface area (Å²) in [5.41, 5.74) is 5.63. The summed E-state index contributed by atoms with van der Waals surface area (Å²) < 4.78 is 8.24. The summed E-state index contributed by atoms with van der Waals surface area (Å²) in [7, 11) is 0. The van der Waals surface area contributed by atoms with Crippen molar-refractivity contribution in [2.75, 3.05) is 38.5 Å². The summed E-state index contributed by atoms with van der Waals surface area (Å²) in [4.78, 5) is 27.5. The van der Waals surface area contributed by atoms with E-state index < -0.39 is 11.2 Å². The van der Waals surface area contributed by atoms with Gasteiger partial charge in [-0.3, -0.25) is 4.79 Å². The molecule has 2 aromatic rings. The lowest BCUT2D eigenvalue weighted by Crippen LogP contribution is -2.58. The zero-order valence-electron chi connectivity index (χ0n) is 18.0. The largest absolute Gasteiger partial charge is 0.388 e. The summed E-state index contributed by atoms with van der Waals surface area (Å²) in [6.45, 7) is 5.40. The number of hydrogen-bond donors (Lipinski definition) is 3. The van der Waals surface area contributed by atoms with Crippen LogP contribution in [0.4, 0.5) is 5.82 Å². The number of nitrogens with one attached hydrogen (secondary N) is 1. The molecule has 2 atom stereocenters. The number of hydrogen-bond acceptors (Lipinski definition) is 8. The molecule has 5 heterocycles. The molecule has 4 N–H and O–H groups in total. The number of aliphatic hydroxyl groups is 1. The number of amides is 1. The first kappa shape index (κ1) is 20.6. The van der Waals surface area contributed by atoms with Crippen LogP contribution in [0.3, 0.4) is 0 Å². The fraction of sp³-hybridized carbons (Fsp3) is 0.714. The molecule has 1 spiro atoms. The van der Waals surface area contributed by atoms with Crippen LogP contribution in [0.2, 0.25) is 0 Å². The van der Waals surface area contributed by atoms with Gasteiger partial charge in [0.05, 0.1) is 30.2 Å². The van der Waals surface area contributed by atoms with Crippen LogP contribution in [-0.4, -0.2) is 79.4 Å². The molecule has 31 heavy (non-hydrogen) atoms. The van der Waals surface area contributed by atoms with Crippen molar-refractivity contribution in [3.8, 4) is 0 Å². The van der Waals surface area contributed by atoms with Crippen LogP contribution in [0, 0.1) is 5.92 Å². The van der Waals surface area contributed by atoms with Crippen molar-refractivity contribution in [2.24, 2.45) is 5.92 Å². The van der Waals surface area contributed by atoms with E-state index in [-0.39, 0.29) is 17.9 Å². The third kappa shape index (κ3) is 3.66. The molecule has 10 heteroatoms. The second-order valence-electron chi connectivity index (χ2n) is 9.48. The number of likely N-dealkylation sites (tertiary alicyclic amines) is 1. The normalized spacial score (nSPS) is 29.5. The molecule has 10 nitrogen and oxygen atoms in total. The smallest absolute Gasteiger partial charge is 0.225 e. The van der Waals surface area contributed by atoms with Crippen molar-refractivity contribution in [3.05, 3.63) is 12.7 Å². The van der Waals surface area contributed by atoms with Crippen LogP contribution in [0.15, 0.2) is 12.7 Å². The Hall–Kier alpha value is -2.30. The van der Waals surface area contributed by atoms with Crippen LogP contribution in [0.25, 0.3) is 11.2 Å². The van der Waals surface area contributed by atoms with Crippen LogP contribution in [0.1, 0.15) is 45.1 Å². The number of fused-ring (bicyclic) bond motifs is 1. The van der Waals surface area contributed by atoms with E-state index in [2.05, 4.69) is 20.3 Å². The van der Waals surface area contributed by atoms with Crippen molar-refractivity contribution in [1.82, 2.24) is 29.7 Å². The minimum Gasteiger partial charge on any atom is -0.388 e. The van der Waals surface area contributed by atoms with E-state index in [4.69, 9.17) is 10.5 Å². The van der Waals surface area contributed by atoms with Crippen molar-refractivity contribution >= 4 is 22.9 Å². The Morgan fingerprint density at radius 1 is 1.26 bits per heavy atom. The van der Waals surface area contributed by atoms with Gasteiger partial charge in [-0.05, 0) is 45.7 Å². The SMILES string of the molecule is C[C@@]1(O)CC2(CCN(C(=O)C3CCNCC3)CC2)OC[C@H]1n1cnc2c(N)ncnc21. The monoisotopic (exact) mass is 429 g/mol. The van der Waals surface area contributed by atoms with Crippen molar-refractivity contribution in [2.45, 2.75) is 56.3 Å². The molecule has 168 valence electrons. The molecule has 0 radical (unpaired) electrons. The van der Waals surface area contributed by atoms with Crippen LogP contribution in [0.5, 0.6) is 0 Å². The van der Waals surface area contributed by atoms with Gasteiger partial charge in [-0.1, -0.05) is 0 Å². The maximum atomic E-state index is 12.9. The minimum atomic E-state index is -1.01. The highest BCUT2D eigenvalue weighted by molar-refractivity contribution is 5.81. The summed E-state index contributed by atoms with van der Waals surface area (Å²) in [5, 5.41) is 14.8. The van der Waals surface area contributed by atoms with Gasteiger partial charge >= 0.3 is 0 Å². The van der Waals surface area contributed by atoms with Gasteiger partial charge in [0.15, 0.2) is 11.5 Å². The van der Waals surface area contributed by atoms with Crippen molar-refractivity contribution in [1.29, 1.82) is 0 Å². The summed E-state index contributed by atoms with van der Waals surface area (Å²) in [6, 6.07) is -0.327. The number of imidazole rings is 1. The highest BCUT2D eigenvalue weighted by atomic mass is 16.5. The number of nitrogens with zero attached hydrogens (tertiary/aromatic N) is 5. The average Bonchev–Trinajstić information content (AvgIpc) is 3.19. The Balaban J connectivity index is 1.28. The van der Waals surface area contributed by atoms with E-state index in [1.807, 2.05) is 16.4 Å². The highest BCUT2D eigenvalue weighted by Gasteiger charge is 2.50. The number of anilines is 1. The lowest BCUT2D eigenvalue weighted by molar-refractivity contribution is -0.197. The van der Waals surface area contributed by atoms with Crippen LogP contribution < -0.4 is 11.1 Å². The molecule has 3 fully saturated rings. The lowest BCUT2D eigenvalue weighted by Gasteiger charge is -2.51. The van der Waals surface area contributed by atoms with Gasteiger partial charge in [0, 0.05) is 25.4 Å². The van der Waals surface area contributed by atoms with E-state index in [9.17, 15) is 9.90 Å². The van der Waals surface area contributed by atoms with Gasteiger partial charge in [0.1, 0.15) is 11.8 Å². The van der Waals surface area contributed by atoms with Gasteiger partial charge < -0.3 is 30.4 Å². The Kier molecular flexibility index (Phi) is 5.10. The second kappa shape index (κ2) is 7.68. The minimum absolute atomic E-state index is 0.138. The molecule has 0 bridgehead atoms. The van der Waals surface area contributed by atoms with Gasteiger partial charge in [-0.15, -0.1) is 0 Å². The maximum absolute atomic E-state index is 12.9.